The van der Waals surface area contributed by atoms with Crippen LogP contribution in [-0.2, 0) is 4.79 Å². The topological polar surface area (TPSA) is 80.9 Å². The fraction of sp³-hybridized carbons (Fsp3) is 0.250. The molecule has 0 aliphatic carbocycles. The SMILES string of the molecule is Cc1c(Cl)cccc1NC(=O)C(C)Sc1nnc(N)s1. The third-order valence-corrected chi connectivity index (χ3v) is 4.94. The van der Waals surface area contributed by atoms with Crippen molar-refractivity contribution in [2.24, 2.45) is 0 Å². The smallest absolute Gasteiger partial charge is 0.237 e. The van der Waals surface area contributed by atoms with Gasteiger partial charge in [-0.3, -0.25) is 4.79 Å². The van der Waals surface area contributed by atoms with Crippen LogP contribution < -0.4 is 11.1 Å². The van der Waals surface area contributed by atoms with Gasteiger partial charge in [0.2, 0.25) is 11.0 Å². The average molecular weight is 329 g/mol. The molecule has 1 amide bonds. The molecule has 0 spiro atoms. The van der Waals surface area contributed by atoms with E-state index in [9.17, 15) is 4.79 Å². The van der Waals surface area contributed by atoms with Gasteiger partial charge in [-0.05, 0) is 31.5 Å². The summed E-state index contributed by atoms with van der Waals surface area (Å²) in [7, 11) is 0. The van der Waals surface area contributed by atoms with E-state index < -0.39 is 0 Å². The number of nitrogens with zero attached hydrogens (tertiary/aromatic N) is 2. The van der Waals surface area contributed by atoms with E-state index in [1.165, 1.54) is 23.1 Å². The van der Waals surface area contributed by atoms with Gasteiger partial charge in [0.1, 0.15) is 0 Å². The van der Waals surface area contributed by atoms with Crippen LogP contribution in [0.2, 0.25) is 5.02 Å². The summed E-state index contributed by atoms with van der Waals surface area (Å²) in [5.41, 5.74) is 7.07. The van der Waals surface area contributed by atoms with Gasteiger partial charge in [-0.2, -0.15) is 0 Å². The van der Waals surface area contributed by atoms with Crippen molar-refractivity contribution in [3.8, 4) is 0 Å². The standard InChI is InChI=1S/C12H13ClN4OS2/c1-6-8(13)4-3-5-9(6)15-10(18)7(2)19-12-17-16-11(14)20-12/h3-5,7H,1-2H3,(H2,14,16)(H,15,18). The normalized spacial score (nSPS) is 12.2. The predicted octanol–water partition coefficient (Wildman–Crippen LogP) is 3.20. The molecule has 0 aliphatic rings. The van der Waals surface area contributed by atoms with Crippen molar-refractivity contribution in [2.45, 2.75) is 23.4 Å². The molecule has 1 unspecified atom stereocenters. The molecule has 0 saturated heterocycles. The second kappa shape index (κ2) is 6.43. The number of benzene rings is 1. The van der Waals surface area contributed by atoms with Crippen molar-refractivity contribution in [1.29, 1.82) is 0 Å². The van der Waals surface area contributed by atoms with Crippen LogP contribution in [0.3, 0.4) is 0 Å². The minimum absolute atomic E-state index is 0.117. The van der Waals surface area contributed by atoms with Crippen LogP contribution in [0.25, 0.3) is 0 Å². The molecule has 8 heteroatoms. The van der Waals surface area contributed by atoms with Crippen LogP contribution in [-0.4, -0.2) is 21.4 Å². The highest BCUT2D eigenvalue weighted by atomic mass is 35.5. The summed E-state index contributed by atoms with van der Waals surface area (Å²) in [6.45, 7) is 3.67. The quantitative estimate of drug-likeness (QED) is 0.842. The predicted molar refractivity (Wildman–Crippen MR) is 84.5 cm³/mol. The zero-order chi connectivity index (χ0) is 14.7. The van der Waals surface area contributed by atoms with Gasteiger partial charge in [-0.25, -0.2) is 0 Å². The Balaban J connectivity index is 2.02. The molecule has 2 rings (SSSR count). The number of rotatable bonds is 4. The molecule has 0 radical (unpaired) electrons. The van der Waals surface area contributed by atoms with E-state index in [1.807, 2.05) is 13.0 Å². The Morgan fingerprint density at radius 1 is 1.50 bits per heavy atom. The minimum atomic E-state index is -0.305. The Bertz CT molecular complexity index is 632. The maximum Gasteiger partial charge on any atom is 0.237 e. The highest BCUT2D eigenvalue weighted by Crippen LogP contribution is 2.29. The summed E-state index contributed by atoms with van der Waals surface area (Å²) in [5.74, 6) is -0.117. The Labute approximate surface area is 129 Å². The minimum Gasteiger partial charge on any atom is -0.374 e. The zero-order valence-corrected chi connectivity index (χ0v) is 13.3. The van der Waals surface area contributed by atoms with E-state index in [0.717, 1.165) is 5.56 Å². The fourth-order valence-corrected chi connectivity index (χ4v) is 3.40. The van der Waals surface area contributed by atoms with E-state index in [2.05, 4.69) is 15.5 Å². The molecule has 20 heavy (non-hydrogen) atoms. The molecule has 2 aromatic rings. The highest BCUT2D eigenvalue weighted by Gasteiger charge is 2.17. The van der Waals surface area contributed by atoms with Crippen molar-refractivity contribution < 1.29 is 4.79 Å². The lowest BCUT2D eigenvalue weighted by Gasteiger charge is -2.12. The monoisotopic (exact) mass is 328 g/mol. The number of hydrogen-bond acceptors (Lipinski definition) is 6. The molecule has 1 heterocycles. The Morgan fingerprint density at radius 2 is 2.25 bits per heavy atom. The number of halogens is 1. The van der Waals surface area contributed by atoms with E-state index in [4.69, 9.17) is 17.3 Å². The third-order valence-electron chi connectivity index (χ3n) is 2.59. The van der Waals surface area contributed by atoms with Crippen molar-refractivity contribution >= 4 is 51.4 Å². The lowest BCUT2D eigenvalue weighted by atomic mass is 10.2. The van der Waals surface area contributed by atoms with Crippen LogP contribution >= 0.6 is 34.7 Å². The Hall–Kier alpha value is -1.31. The van der Waals surface area contributed by atoms with Gasteiger partial charge in [0.15, 0.2) is 4.34 Å². The molecule has 1 aromatic carbocycles. The number of nitrogens with one attached hydrogen (secondary N) is 1. The molecule has 0 fully saturated rings. The summed E-state index contributed by atoms with van der Waals surface area (Å²) < 4.78 is 0.674. The van der Waals surface area contributed by atoms with Crippen molar-refractivity contribution in [3.63, 3.8) is 0 Å². The number of amides is 1. The van der Waals surface area contributed by atoms with Crippen LogP contribution in [0.5, 0.6) is 0 Å². The van der Waals surface area contributed by atoms with Crippen molar-refractivity contribution in [1.82, 2.24) is 10.2 Å². The first-order valence-corrected chi connectivity index (χ1v) is 7.86. The highest BCUT2D eigenvalue weighted by molar-refractivity contribution is 8.02. The molecule has 5 nitrogen and oxygen atoms in total. The summed E-state index contributed by atoms with van der Waals surface area (Å²) in [5, 5.41) is 11.2. The summed E-state index contributed by atoms with van der Waals surface area (Å²) >= 11 is 8.61. The lowest BCUT2D eigenvalue weighted by Crippen LogP contribution is -2.22. The van der Waals surface area contributed by atoms with Gasteiger partial charge in [0.05, 0.1) is 5.25 Å². The third kappa shape index (κ3) is 3.62. The van der Waals surface area contributed by atoms with E-state index >= 15 is 0 Å². The van der Waals surface area contributed by atoms with Crippen LogP contribution in [0.15, 0.2) is 22.5 Å². The number of nitrogen functional groups attached to an aromatic ring is 1. The summed E-state index contributed by atoms with van der Waals surface area (Å²) in [4.78, 5) is 12.1. The molecule has 1 atom stereocenters. The second-order valence-corrected chi connectivity index (χ2v) is 7.07. The zero-order valence-electron chi connectivity index (χ0n) is 10.9. The Morgan fingerprint density at radius 3 is 2.90 bits per heavy atom. The first-order valence-electron chi connectivity index (χ1n) is 5.79. The lowest BCUT2D eigenvalue weighted by molar-refractivity contribution is -0.115. The number of carbonyl (C=O) groups is 1. The molecule has 0 saturated carbocycles. The fourth-order valence-electron chi connectivity index (χ4n) is 1.45. The number of carbonyl (C=O) groups excluding carboxylic acids is 1. The summed E-state index contributed by atoms with van der Waals surface area (Å²) in [6.07, 6.45) is 0. The van der Waals surface area contributed by atoms with Crippen LogP contribution in [0.1, 0.15) is 12.5 Å². The van der Waals surface area contributed by atoms with Gasteiger partial charge >= 0.3 is 0 Å². The number of nitrogens with two attached hydrogens (primary N) is 1. The van der Waals surface area contributed by atoms with Crippen molar-refractivity contribution in [2.75, 3.05) is 11.1 Å². The van der Waals surface area contributed by atoms with E-state index in [0.29, 0.717) is 20.2 Å². The molecule has 1 aromatic heterocycles. The molecule has 106 valence electrons. The Kier molecular flexibility index (Phi) is 4.85. The second-order valence-electron chi connectivity index (χ2n) is 4.07. The van der Waals surface area contributed by atoms with Gasteiger partial charge in [-0.1, -0.05) is 40.8 Å². The maximum absolute atomic E-state index is 12.1. The van der Waals surface area contributed by atoms with Gasteiger partial charge in [-0.15, -0.1) is 10.2 Å². The average Bonchev–Trinajstić information content (AvgIpc) is 2.80. The van der Waals surface area contributed by atoms with Gasteiger partial charge in [0, 0.05) is 10.7 Å². The molecule has 0 bridgehead atoms. The van der Waals surface area contributed by atoms with Crippen LogP contribution in [0.4, 0.5) is 10.8 Å². The molecule has 0 aliphatic heterocycles. The molecular formula is C12H13ClN4OS2. The number of thioether (sulfide) groups is 1. The first kappa shape index (κ1) is 15.1. The van der Waals surface area contributed by atoms with Crippen molar-refractivity contribution in [3.05, 3.63) is 28.8 Å². The van der Waals surface area contributed by atoms with Gasteiger partial charge < -0.3 is 11.1 Å². The van der Waals surface area contributed by atoms with Crippen LogP contribution in [0, 0.1) is 6.92 Å². The first-order chi connectivity index (χ1) is 9.47. The summed E-state index contributed by atoms with van der Waals surface area (Å²) in [6, 6.07) is 5.41. The maximum atomic E-state index is 12.1. The number of aromatic nitrogens is 2. The molecular weight excluding hydrogens is 316 g/mol. The number of hydrogen-bond donors (Lipinski definition) is 2. The molecule has 3 N–H and O–H groups in total. The van der Waals surface area contributed by atoms with Gasteiger partial charge in [0.25, 0.3) is 0 Å². The largest absolute Gasteiger partial charge is 0.374 e. The van der Waals surface area contributed by atoms with E-state index in [-0.39, 0.29) is 11.2 Å². The number of anilines is 2. The van der Waals surface area contributed by atoms with E-state index in [1.54, 1.807) is 19.1 Å².